The van der Waals surface area contributed by atoms with Crippen molar-refractivity contribution in [2.45, 2.75) is 19.0 Å². The van der Waals surface area contributed by atoms with E-state index >= 15 is 0 Å². The average molecular weight is 344 g/mol. The number of hydrogen-bond acceptors (Lipinski definition) is 5. The van der Waals surface area contributed by atoms with Crippen LogP contribution in [0.2, 0.25) is 0 Å². The van der Waals surface area contributed by atoms with E-state index in [0.29, 0.717) is 19.0 Å². The van der Waals surface area contributed by atoms with Crippen LogP contribution in [-0.2, 0) is 11.3 Å². The molecule has 1 atom stereocenters. The molecule has 0 aromatic carbocycles. The van der Waals surface area contributed by atoms with Crippen molar-refractivity contribution in [2.24, 2.45) is 0 Å². The Morgan fingerprint density at radius 2 is 2.37 bits per heavy atom. The van der Waals surface area contributed by atoms with E-state index in [1.54, 1.807) is 22.4 Å². The quantitative estimate of drug-likeness (QED) is 0.908. The van der Waals surface area contributed by atoms with Crippen LogP contribution in [0.15, 0.2) is 11.6 Å². The summed E-state index contributed by atoms with van der Waals surface area (Å²) in [5.74, 6) is 2.39. The number of thiazole rings is 1. The molecule has 0 bridgehead atoms. The van der Waals surface area contributed by atoms with Gasteiger partial charge in [0.15, 0.2) is 0 Å². The van der Waals surface area contributed by atoms with Crippen LogP contribution < -0.4 is 5.32 Å². The largest absolute Gasteiger partial charge is 0.339 e. The normalized spacial score (nSPS) is 18.1. The van der Waals surface area contributed by atoms with Gasteiger partial charge in [-0.15, -0.1) is 36.2 Å². The van der Waals surface area contributed by atoms with Gasteiger partial charge in [0.05, 0.1) is 6.54 Å². The molecule has 2 rings (SSSR count). The van der Waals surface area contributed by atoms with Crippen molar-refractivity contribution in [3.05, 3.63) is 16.6 Å². The molecule has 1 unspecified atom stereocenters. The highest BCUT2D eigenvalue weighted by Crippen LogP contribution is 2.13. The van der Waals surface area contributed by atoms with E-state index in [9.17, 15) is 4.79 Å². The van der Waals surface area contributed by atoms with Crippen molar-refractivity contribution in [2.75, 3.05) is 25.1 Å². The first kappa shape index (κ1) is 19.0. The van der Waals surface area contributed by atoms with Crippen molar-refractivity contribution in [1.29, 1.82) is 0 Å². The van der Waals surface area contributed by atoms with E-state index in [2.05, 4.69) is 10.3 Å². The standard InChI is InChI=1S/C11H17N3OS2.2ClH/c1-14(7-10-13-3-5-17-10)11(15)6-9-8-16-4-2-12-9;;/h3,5,9,12H,2,4,6-8H2,1H3;2*1H. The van der Waals surface area contributed by atoms with Crippen LogP contribution >= 0.6 is 47.9 Å². The van der Waals surface area contributed by atoms with Gasteiger partial charge >= 0.3 is 0 Å². The summed E-state index contributed by atoms with van der Waals surface area (Å²) in [5, 5.41) is 6.31. The summed E-state index contributed by atoms with van der Waals surface area (Å²) in [5.41, 5.74) is 0. The van der Waals surface area contributed by atoms with Gasteiger partial charge in [-0.2, -0.15) is 11.8 Å². The maximum atomic E-state index is 12.0. The number of nitrogens with zero attached hydrogens (tertiary/aromatic N) is 2. The molecule has 0 aliphatic carbocycles. The lowest BCUT2D eigenvalue weighted by molar-refractivity contribution is -0.130. The first-order valence-corrected chi connectivity index (χ1v) is 7.72. The number of aromatic nitrogens is 1. The number of nitrogens with one attached hydrogen (secondary N) is 1. The molecule has 1 saturated heterocycles. The van der Waals surface area contributed by atoms with Crippen LogP contribution in [0.1, 0.15) is 11.4 Å². The Bertz CT molecular complexity index is 359. The summed E-state index contributed by atoms with van der Waals surface area (Å²) in [6, 6.07) is 0.333. The number of amides is 1. The van der Waals surface area contributed by atoms with Gasteiger partial charge in [-0.05, 0) is 0 Å². The molecule has 0 radical (unpaired) electrons. The van der Waals surface area contributed by atoms with Gasteiger partial charge in [0.2, 0.25) is 5.91 Å². The molecular weight excluding hydrogens is 325 g/mol. The van der Waals surface area contributed by atoms with Crippen molar-refractivity contribution in [3.8, 4) is 0 Å². The highest BCUT2D eigenvalue weighted by atomic mass is 35.5. The van der Waals surface area contributed by atoms with Crippen LogP contribution in [0.4, 0.5) is 0 Å². The molecule has 1 aromatic rings. The Balaban J connectivity index is 0.00000162. The van der Waals surface area contributed by atoms with Crippen LogP contribution in [-0.4, -0.2) is 46.9 Å². The Kier molecular flexibility index (Phi) is 9.82. The Labute approximate surface area is 134 Å². The molecule has 4 nitrogen and oxygen atoms in total. The second-order valence-electron chi connectivity index (χ2n) is 4.11. The topological polar surface area (TPSA) is 45.2 Å². The minimum Gasteiger partial charge on any atom is -0.339 e. The van der Waals surface area contributed by atoms with E-state index in [1.165, 1.54) is 0 Å². The van der Waals surface area contributed by atoms with Crippen molar-refractivity contribution >= 4 is 53.8 Å². The third kappa shape index (κ3) is 6.31. The molecule has 2 heterocycles. The third-order valence-electron chi connectivity index (χ3n) is 2.70. The molecule has 0 saturated carbocycles. The molecule has 1 amide bonds. The summed E-state index contributed by atoms with van der Waals surface area (Å²) in [7, 11) is 1.85. The molecule has 110 valence electrons. The first-order chi connectivity index (χ1) is 8.25. The number of hydrogen-bond donors (Lipinski definition) is 1. The lowest BCUT2D eigenvalue weighted by Crippen LogP contribution is -2.41. The van der Waals surface area contributed by atoms with Gasteiger partial charge in [-0.25, -0.2) is 4.98 Å². The SMILES string of the molecule is CN(Cc1nccs1)C(=O)CC1CSCCN1.Cl.Cl. The van der Waals surface area contributed by atoms with Crippen LogP contribution in [0.3, 0.4) is 0 Å². The summed E-state index contributed by atoms with van der Waals surface area (Å²) < 4.78 is 0. The monoisotopic (exact) mass is 343 g/mol. The molecular formula is C11H19Cl2N3OS2. The maximum Gasteiger partial charge on any atom is 0.224 e. The smallest absolute Gasteiger partial charge is 0.224 e. The van der Waals surface area contributed by atoms with Gasteiger partial charge < -0.3 is 10.2 Å². The van der Waals surface area contributed by atoms with Crippen molar-refractivity contribution in [1.82, 2.24) is 15.2 Å². The zero-order valence-electron chi connectivity index (χ0n) is 10.7. The predicted molar refractivity (Wildman–Crippen MR) is 86.8 cm³/mol. The molecule has 0 spiro atoms. The summed E-state index contributed by atoms with van der Waals surface area (Å²) in [4.78, 5) is 17.9. The zero-order chi connectivity index (χ0) is 12.1. The van der Waals surface area contributed by atoms with Gasteiger partial charge in [0.25, 0.3) is 0 Å². The lowest BCUT2D eigenvalue weighted by Gasteiger charge is -2.25. The van der Waals surface area contributed by atoms with Gasteiger partial charge in [0.1, 0.15) is 5.01 Å². The second kappa shape index (κ2) is 9.83. The van der Waals surface area contributed by atoms with E-state index in [1.807, 2.05) is 24.2 Å². The van der Waals surface area contributed by atoms with Gasteiger partial charge in [0, 0.05) is 49.1 Å². The summed E-state index contributed by atoms with van der Waals surface area (Å²) in [6.07, 6.45) is 2.37. The highest BCUT2D eigenvalue weighted by Gasteiger charge is 2.19. The predicted octanol–water partition coefficient (Wildman–Crippen LogP) is 2.04. The number of halogens is 2. The van der Waals surface area contributed by atoms with Gasteiger partial charge in [-0.3, -0.25) is 4.79 Å². The number of carbonyl (C=O) groups excluding carboxylic acids is 1. The number of thioether (sulfide) groups is 1. The molecule has 1 aliphatic rings. The van der Waals surface area contributed by atoms with Crippen LogP contribution in [0.25, 0.3) is 0 Å². The Morgan fingerprint density at radius 1 is 1.58 bits per heavy atom. The maximum absolute atomic E-state index is 12.0. The molecule has 1 aromatic heterocycles. The third-order valence-corrected chi connectivity index (χ3v) is 4.60. The van der Waals surface area contributed by atoms with E-state index in [-0.39, 0.29) is 30.7 Å². The minimum absolute atomic E-state index is 0. The fraction of sp³-hybridized carbons (Fsp3) is 0.636. The van der Waals surface area contributed by atoms with E-state index < -0.39 is 0 Å². The first-order valence-electron chi connectivity index (χ1n) is 5.69. The zero-order valence-corrected chi connectivity index (χ0v) is 14.0. The minimum atomic E-state index is 0. The Hall–Kier alpha value is -0.0100. The lowest BCUT2D eigenvalue weighted by atomic mass is 10.2. The number of rotatable bonds is 4. The Morgan fingerprint density at radius 3 is 2.95 bits per heavy atom. The fourth-order valence-corrected chi connectivity index (χ4v) is 3.36. The highest BCUT2D eigenvalue weighted by molar-refractivity contribution is 7.99. The van der Waals surface area contributed by atoms with Crippen molar-refractivity contribution < 1.29 is 4.79 Å². The fourth-order valence-electron chi connectivity index (χ4n) is 1.74. The summed E-state index contributed by atoms with van der Waals surface area (Å²) >= 11 is 3.51. The van der Waals surface area contributed by atoms with E-state index in [0.717, 1.165) is 23.1 Å². The van der Waals surface area contributed by atoms with E-state index in [4.69, 9.17) is 0 Å². The summed E-state index contributed by atoms with van der Waals surface area (Å²) in [6.45, 7) is 1.63. The van der Waals surface area contributed by atoms with Crippen LogP contribution in [0.5, 0.6) is 0 Å². The molecule has 1 fully saturated rings. The molecule has 8 heteroatoms. The second-order valence-corrected chi connectivity index (χ2v) is 6.23. The number of carbonyl (C=O) groups is 1. The molecule has 19 heavy (non-hydrogen) atoms. The average Bonchev–Trinajstić information content (AvgIpc) is 2.83. The van der Waals surface area contributed by atoms with Crippen LogP contribution in [0, 0.1) is 0 Å². The van der Waals surface area contributed by atoms with Gasteiger partial charge in [-0.1, -0.05) is 0 Å². The molecule has 1 N–H and O–H groups in total. The van der Waals surface area contributed by atoms with Crippen molar-refractivity contribution in [3.63, 3.8) is 0 Å². The molecule has 1 aliphatic heterocycles.